The highest BCUT2D eigenvalue weighted by Crippen LogP contribution is 2.14. The predicted octanol–water partition coefficient (Wildman–Crippen LogP) is 0.470. The summed E-state index contributed by atoms with van der Waals surface area (Å²) in [6.07, 6.45) is -4.20. The molecule has 0 unspecified atom stereocenters. The van der Waals surface area contributed by atoms with Gasteiger partial charge >= 0.3 is 6.18 Å². The molecule has 1 aliphatic rings. The fraction of sp³-hybridized carbons (Fsp3) is 1.00. The van der Waals surface area contributed by atoms with E-state index in [0.717, 1.165) is 26.2 Å². The molecule has 6 heteroatoms. The number of rotatable bonds is 4. The molecule has 0 spiro atoms. The van der Waals surface area contributed by atoms with E-state index < -0.39 is 12.8 Å². The van der Waals surface area contributed by atoms with Gasteiger partial charge in [0.15, 0.2) is 0 Å². The molecule has 0 aromatic heterocycles. The summed E-state index contributed by atoms with van der Waals surface area (Å²) in [5.41, 5.74) is 0. The SMILES string of the molecule is FC(F)(F)COCCN1CCNCC1. The molecule has 1 heterocycles. The van der Waals surface area contributed by atoms with Crippen molar-refractivity contribution in [3.8, 4) is 0 Å². The van der Waals surface area contributed by atoms with Crippen molar-refractivity contribution >= 4 is 0 Å². The molecule has 3 nitrogen and oxygen atoms in total. The van der Waals surface area contributed by atoms with Gasteiger partial charge in [0.05, 0.1) is 6.61 Å². The number of hydrogen-bond acceptors (Lipinski definition) is 3. The molecule has 0 atom stereocenters. The van der Waals surface area contributed by atoms with Gasteiger partial charge in [0, 0.05) is 32.7 Å². The number of hydrogen-bond donors (Lipinski definition) is 1. The normalized spacial score (nSPS) is 19.9. The molecule has 1 aliphatic heterocycles. The zero-order valence-corrected chi connectivity index (χ0v) is 7.94. The van der Waals surface area contributed by atoms with E-state index in [2.05, 4.69) is 15.0 Å². The third-order valence-electron chi connectivity index (χ3n) is 2.03. The first-order valence-electron chi connectivity index (χ1n) is 4.65. The summed E-state index contributed by atoms with van der Waals surface area (Å²) in [5, 5.41) is 3.17. The highest BCUT2D eigenvalue weighted by Gasteiger charge is 2.27. The minimum atomic E-state index is -4.20. The molecule has 0 amide bonds. The van der Waals surface area contributed by atoms with Crippen molar-refractivity contribution in [1.29, 1.82) is 0 Å². The molecule has 0 aliphatic carbocycles. The third-order valence-corrected chi connectivity index (χ3v) is 2.03. The second kappa shape index (κ2) is 5.53. The van der Waals surface area contributed by atoms with Crippen molar-refractivity contribution in [2.24, 2.45) is 0 Å². The third kappa shape index (κ3) is 5.41. The molecule has 0 saturated carbocycles. The minimum Gasteiger partial charge on any atom is -0.371 e. The van der Waals surface area contributed by atoms with Crippen LogP contribution in [0.3, 0.4) is 0 Å². The maximum absolute atomic E-state index is 11.7. The van der Waals surface area contributed by atoms with Crippen LogP contribution >= 0.6 is 0 Å². The second-order valence-electron chi connectivity index (χ2n) is 3.26. The Morgan fingerprint density at radius 1 is 1.21 bits per heavy atom. The molecular formula is C8H15F3N2O. The van der Waals surface area contributed by atoms with Gasteiger partial charge in [-0.25, -0.2) is 0 Å². The molecule has 1 rings (SSSR count). The molecule has 1 saturated heterocycles. The van der Waals surface area contributed by atoms with E-state index >= 15 is 0 Å². The second-order valence-corrected chi connectivity index (χ2v) is 3.26. The van der Waals surface area contributed by atoms with E-state index in [-0.39, 0.29) is 6.61 Å². The van der Waals surface area contributed by atoms with Gasteiger partial charge in [-0.1, -0.05) is 0 Å². The summed E-state index contributed by atoms with van der Waals surface area (Å²) < 4.78 is 39.5. The molecule has 84 valence electrons. The van der Waals surface area contributed by atoms with E-state index in [1.165, 1.54) is 0 Å². The van der Waals surface area contributed by atoms with Crippen LogP contribution in [-0.4, -0.2) is 57.0 Å². The van der Waals surface area contributed by atoms with Crippen molar-refractivity contribution < 1.29 is 17.9 Å². The van der Waals surface area contributed by atoms with Crippen LogP contribution in [0.1, 0.15) is 0 Å². The molecule has 0 aromatic rings. The van der Waals surface area contributed by atoms with Crippen LogP contribution < -0.4 is 5.32 Å². The van der Waals surface area contributed by atoms with Crippen molar-refractivity contribution in [1.82, 2.24) is 10.2 Å². The molecule has 0 radical (unpaired) electrons. The van der Waals surface area contributed by atoms with Crippen molar-refractivity contribution in [2.45, 2.75) is 6.18 Å². The quantitative estimate of drug-likeness (QED) is 0.686. The van der Waals surface area contributed by atoms with Crippen LogP contribution in [0.15, 0.2) is 0 Å². The van der Waals surface area contributed by atoms with Crippen LogP contribution in [0.4, 0.5) is 13.2 Å². The number of halogens is 3. The van der Waals surface area contributed by atoms with Crippen molar-refractivity contribution in [2.75, 3.05) is 45.9 Å². The number of nitrogens with zero attached hydrogens (tertiary/aromatic N) is 1. The molecule has 0 aromatic carbocycles. The largest absolute Gasteiger partial charge is 0.411 e. The van der Waals surface area contributed by atoms with Crippen molar-refractivity contribution in [3.63, 3.8) is 0 Å². The Morgan fingerprint density at radius 3 is 2.43 bits per heavy atom. The summed E-state index contributed by atoms with van der Waals surface area (Å²) in [7, 11) is 0. The number of ether oxygens (including phenoxy) is 1. The predicted molar refractivity (Wildman–Crippen MR) is 46.2 cm³/mol. The van der Waals surface area contributed by atoms with E-state index in [0.29, 0.717) is 6.54 Å². The van der Waals surface area contributed by atoms with Gasteiger partial charge in [-0.15, -0.1) is 0 Å². The topological polar surface area (TPSA) is 24.5 Å². The van der Waals surface area contributed by atoms with E-state index in [4.69, 9.17) is 0 Å². The molecular weight excluding hydrogens is 197 g/mol. The lowest BCUT2D eigenvalue weighted by Gasteiger charge is -2.26. The Labute approximate surface area is 81.2 Å². The van der Waals surface area contributed by atoms with E-state index in [1.54, 1.807) is 0 Å². The fourth-order valence-corrected chi connectivity index (χ4v) is 1.32. The smallest absolute Gasteiger partial charge is 0.371 e. The van der Waals surface area contributed by atoms with Gasteiger partial charge in [-0.2, -0.15) is 13.2 Å². The summed E-state index contributed by atoms with van der Waals surface area (Å²) in [6.45, 7) is 3.17. The van der Waals surface area contributed by atoms with Gasteiger partial charge < -0.3 is 10.1 Å². The average molecular weight is 212 g/mol. The van der Waals surface area contributed by atoms with Crippen molar-refractivity contribution in [3.05, 3.63) is 0 Å². The lowest BCUT2D eigenvalue weighted by atomic mass is 10.4. The Hall–Kier alpha value is -0.330. The Morgan fingerprint density at radius 2 is 1.86 bits per heavy atom. The fourth-order valence-electron chi connectivity index (χ4n) is 1.32. The lowest BCUT2D eigenvalue weighted by molar-refractivity contribution is -0.174. The Balaban J connectivity index is 1.97. The standard InChI is InChI=1S/C8H15F3N2O/c9-8(10,11)7-14-6-5-13-3-1-12-2-4-13/h12H,1-7H2. The molecule has 1 N–H and O–H groups in total. The molecule has 14 heavy (non-hydrogen) atoms. The van der Waals surface area contributed by atoms with Gasteiger partial charge in [0.2, 0.25) is 0 Å². The number of nitrogens with one attached hydrogen (secondary N) is 1. The lowest BCUT2D eigenvalue weighted by Crippen LogP contribution is -2.44. The zero-order valence-electron chi connectivity index (χ0n) is 7.94. The maximum atomic E-state index is 11.7. The summed E-state index contributed by atoms with van der Waals surface area (Å²) in [4.78, 5) is 2.09. The first-order chi connectivity index (χ1) is 6.58. The highest BCUT2D eigenvalue weighted by molar-refractivity contribution is 4.66. The van der Waals surface area contributed by atoms with Gasteiger partial charge in [0.1, 0.15) is 6.61 Å². The minimum absolute atomic E-state index is 0.152. The maximum Gasteiger partial charge on any atom is 0.411 e. The first kappa shape index (κ1) is 11.7. The van der Waals surface area contributed by atoms with Gasteiger partial charge in [0.25, 0.3) is 0 Å². The van der Waals surface area contributed by atoms with Crippen LogP contribution in [0.25, 0.3) is 0 Å². The van der Waals surface area contributed by atoms with Crippen LogP contribution in [0.2, 0.25) is 0 Å². The molecule has 0 bridgehead atoms. The van der Waals surface area contributed by atoms with Crippen LogP contribution in [0, 0.1) is 0 Å². The van der Waals surface area contributed by atoms with Crippen LogP contribution in [-0.2, 0) is 4.74 Å². The summed E-state index contributed by atoms with van der Waals surface area (Å²) in [6, 6.07) is 0. The molecule has 1 fully saturated rings. The highest BCUT2D eigenvalue weighted by atomic mass is 19.4. The Kier molecular flexibility index (Phi) is 4.64. The summed E-state index contributed by atoms with van der Waals surface area (Å²) in [5.74, 6) is 0. The van der Waals surface area contributed by atoms with E-state index in [9.17, 15) is 13.2 Å². The van der Waals surface area contributed by atoms with Gasteiger partial charge in [-0.05, 0) is 0 Å². The monoisotopic (exact) mass is 212 g/mol. The number of piperazine rings is 1. The van der Waals surface area contributed by atoms with Crippen LogP contribution in [0.5, 0.6) is 0 Å². The van der Waals surface area contributed by atoms with E-state index in [1.807, 2.05) is 0 Å². The summed E-state index contributed by atoms with van der Waals surface area (Å²) >= 11 is 0. The average Bonchev–Trinajstić information content (AvgIpc) is 2.13. The zero-order chi connectivity index (χ0) is 10.4. The first-order valence-corrected chi connectivity index (χ1v) is 4.65. The Bertz CT molecular complexity index is 157. The van der Waals surface area contributed by atoms with Gasteiger partial charge in [-0.3, -0.25) is 4.90 Å². The number of alkyl halides is 3.